The van der Waals surface area contributed by atoms with Crippen LogP contribution in [0.15, 0.2) is 30.5 Å². The van der Waals surface area contributed by atoms with Crippen molar-refractivity contribution in [3.8, 4) is 5.75 Å². The minimum absolute atomic E-state index is 0.720. The summed E-state index contributed by atoms with van der Waals surface area (Å²) in [6.07, 6.45) is 8.34. The molecule has 1 heterocycles. The van der Waals surface area contributed by atoms with Crippen molar-refractivity contribution in [3.63, 3.8) is 0 Å². The van der Waals surface area contributed by atoms with Crippen LogP contribution in [0.25, 0.3) is 0 Å². The lowest BCUT2D eigenvalue weighted by Gasteiger charge is -2.09. The van der Waals surface area contributed by atoms with Gasteiger partial charge in [-0.05, 0) is 30.5 Å². The number of nitrogens with zero attached hydrogens (tertiary/aromatic N) is 1. The zero-order valence-electron chi connectivity index (χ0n) is 12.5. The number of hydrogen-bond donors (Lipinski definition) is 1. The van der Waals surface area contributed by atoms with E-state index in [9.17, 15) is 0 Å². The highest BCUT2D eigenvalue weighted by Crippen LogP contribution is 2.21. The van der Waals surface area contributed by atoms with E-state index in [1.165, 1.54) is 41.1 Å². The van der Waals surface area contributed by atoms with Crippen LogP contribution in [0.1, 0.15) is 41.1 Å². The molecule has 0 radical (unpaired) electrons. The summed E-state index contributed by atoms with van der Waals surface area (Å²) in [7, 11) is 1.69. The molecule has 1 saturated carbocycles. The van der Waals surface area contributed by atoms with E-state index < -0.39 is 0 Å². The molecule has 0 unspecified atom stereocenters. The Morgan fingerprint density at radius 3 is 2.71 bits per heavy atom. The average molecular weight is 302 g/mol. The van der Waals surface area contributed by atoms with Crippen molar-refractivity contribution in [1.82, 2.24) is 10.3 Å². The highest BCUT2D eigenvalue weighted by molar-refractivity contribution is 7.11. The summed E-state index contributed by atoms with van der Waals surface area (Å²) in [5.41, 5.74) is 1.28. The molecule has 3 rings (SSSR count). The molecule has 0 bridgehead atoms. The van der Waals surface area contributed by atoms with E-state index in [4.69, 9.17) is 4.74 Å². The molecule has 1 aliphatic carbocycles. The van der Waals surface area contributed by atoms with Gasteiger partial charge in [0.15, 0.2) is 0 Å². The van der Waals surface area contributed by atoms with Crippen LogP contribution in [-0.2, 0) is 13.0 Å². The molecule has 0 atom stereocenters. The predicted molar refractivity (Wildman–Crippen MR) is 87.0 cm³/mol. The lowest BCUT2D eigenvalue weighted by atomic mass is 10.1. The van der Waals surface area contributed by atoms with Crippen LogP contribution in [0.4, 0.5) is 0 Å². The molecular formula is C17H22N2OS. The fraction of sp³-hybridized carbons (Fsp3) is 0.471. The second-order valence-corrected chi connectivity index (χ2v) is 6.81. The lowest BCUT2D eigenvalue weighted by molar-refractivity contribution is 0.414. The SMILES string of the molecule is COc1ccc(Cc2ncc(CNC3CCCC3)s2)cc1. The van der Waals surface area contributed by atoms with Gasteiger partial charge >= 0.3 is 0 Å². The molecule has 4 heteroatoms. The largest absolute Gasteiger partial charge is 0.497 e. The third kappa shape index (κ3) is 4.05. The van der Waals surface area contributed by atoms with Crippen LogP contribution in [0, 0.1) is 0 Å². The number of nitrogens with one attached hydrogen (secondary N) is 1. The molecule has 1 aliphatic rings. The molecule has 3 nitrogen and oxygen atoms in total. The first-order chi connectivity index (χ1) is 10.3. The Hall–Kier alpha value is -1.39. The average Bonchev–Trinajstić information content (AvgIpc) is 3.17. The molecule has 0 spiro atoms. The van der Waals surface area contributed by atoms with Crippen LogP contribution in [0.2, 0.25) is 0 Å². The maximum Gasteiger partial charge on any atom is 0.118 e. The van der Waals surface area contributed by atoms with Crippen molar-refractivity contribution in [2.45, 2.75) is 44.7 Å². The number of benzene rings is 1. The molecule has 1 N–H and O–H groups in total. The van der Waals surface area contributed by atoms with E-state index in [1.54, 1.807) is 7.11 Å². The summed E-state index contributed by atoms with van der Waals surface area (Å²) in [6.45, 7) is 0.963. The third-order valence-corrected chi connectivity index (χ3v) is 5.03. The van der Waals surface area contributed by atoms with Crippen molar-refractivity contribution in [3.05, 3.63) is 45.9 Å². The van der Waals surface area contributed by atoms with E-state index in [0.29, 0.717) is 0 Å². The fourth-order valence-electron chi connectivity index (χ4n) is 2.80. The molecule has 0 aliphatic heterocycles. The van der Waals surface area contributed by atoms with E-state index >= 15 is 0 Å². The van der Waals surface area contributed by atoms with Gasteiger partial charge in [-0.15, -0.1) is 11.3 Å². The minimum atomic E-state index is 0.720. The van der Waals surface area contributed by atoms with Gasteiger partial charge in [0.05, 0.1) is 12.1 Å². The zero-order chi connectivity index (χ0) is 14.5. The van der Waals surface area contributed by atoms with Gasteiger partial charge in [-0.25, -0.2) is 4.98 Å². The van der Waals surface area contributed by atoms with Crippen molar-refractivity contribution in [1.29, 1.82) is 0 Å². The minimum Gasteiger partial charge on any atom is -0.497 e. The van der Waals surface area contributed by atoms with Gasteiger partial charge in [0.25, 0.3) is 0 Å². The molecule has 112 valence electrons. The van der Waals surface area contributed by atoms with Crippen LogP contribution >= 0.6 is 11.3 Å². The zero-order valence-corrected chi connectivity index (χ0v) is 13.3. The molecule has 1 fully saturated rings. The topological polar surface area (TPSA) is 34.1 Å². The monoisotopic (exact) mass is 302 g/mol. The normalized spacial score (nSPS) is 15.5. The fourth-order valence-corrected chi connectivity index (χ4v) is 3.71. The first-order valence-electron chi connectivity index (χ1n) is 7.63. The van der Waals surface area contributed by atoms with Crippen LogP contribution < -0.4 is 10.1 Å². The summed E-state index contributed by atoms with van der Waals surface area (Å²) in [5.74, 6) is 0.902. The number of methoxy groups -OCH3 is 1. The quantitative estimate of drug-likeness (QED) is 0.882. The standard InChI is InChI=1S/C17H22N2OS/c1-20-15-8-6-13(7-9-15)10-17-19-12-16(21-17)11-18-14-4-2-3-5-14/h6-9,12,14,18H,2-5,10-11H2,1H3. The van der Waals surface area contributed by atoms with E-state index in [-0.39, 0.29) is 0 Å². The number of thiazole rings is 1. The summed E-state index contributed by atoms with van der Waals surface area (Å²) in [5, 5.41) is 4.83. The van der Waals surface area contributed by atoms with Crippen LogP contribution in [0.5, 0.6) is 5.75 Å². The molecular weight excluding hydrogens is 280 g/mol. The van der Waals surface area contributed by atoms with Gasteiger partial charge in [0.2, 0.25) is 0 Å². The summed E-state index contributed by atoms with van der Waals surface area (Å²) in [4.78, 5) is 5.88. The van der Waals surface area contributed by atoms with E-state index in [0.717, 1.165) is 24.8 Å². The maximum atomic E-state index is 5.18. The van der Waals surface area contributed by atoms with Crippen LogP contribution in [-0.4, -0.2) is 18.1 Å². The van der Waals surface area contributed by atoms with Gasteiger partial charge in [0.1, 0.15) is 5.75 Å². The van der Waals surface area contributed by atoms with Crippen molar-refractivity contribution >= 4 is 11.3 Å². The van der Waals surface area contributed by atoms with Crippen LogP contribution in [0.3, 0.4) is 0 Å². The highest BCUT2D eigenvalue weighted by Gasteiger charge is 2.14. The summed E-state index contributed by atoms with van der Waals surface area (Å²) < 4.78 is 5.18. The Labute approximate surface area is 130 Å². The summed E-state index contributed by atoms with van der Waals surface area (Å²) >= 11 is 1.82. The first-order valence-corrected chi connectivity index (χ1v) is 8.45. The molecule has 1 aromatic carbocycles. The smallest absolute Gasteiger partial charge is 0.118 e. The Balaban J connectivity index is 1.53. The predicted octanol–water partition coefficient (Wildman–Crippen LogP) is 3.77. The van der Waals surface area contributed by atoms with E-state index in [2.05, 4.69) is 22.4 Å². The Bertz CT molecular complexity index is 558. The number of ether oxygens (including phenoxy) is 1. The van der Waals surface area contributed by atoms with E-state index in [1.807, 2.05) is 29.7 Å². The second kappa shape index (κ2) is 7.05. The molecule has 0 saturated heterocycles. The first kappa shape index (κ1) is 14.5. The van der Waals surface area contributed by atoms with Crippen molar-refractivity contribution in [2.75, 3.05) is 7.11 Å². The van der Waals surface area contributed by atoms with Gasteiger partial charge in [-0.3, -0.25) is 0 Å². The summed E-state index contributed by atoms with van der Waals surface area (Å²) in [6, 6.07) is 8.95. The number of aromatic nitrogens is 1. The highest BCUT2D eigenvalue weighted by atomic mass is 32.1. The molecule has 1 aromatic heterocycles. The Kier molecular flexibility index (Phi) is 4.88. The van der Waals surface area contributed by atoms with Crippen molar-refractivity contribution in [2.24, 2.45) is 0 Å². The van der Waals surface area contributed by atoms with Gasteiger partial charge in [-0.1, -0.05) is 25.0 Å². The van der Waals surface area contributed by atoms with Gasteiger partial charge in [-0.2, -0.15) is 0 Å². The second-order valence-electron chi connectivity index (χ2n) is 5.61. The number of hydrogen-bond acceptors (Lipinski definition) is 4. The molecule has 2 aromatic rings. The molecule has 21 heavy (non-hydrogen) atoms. The molecule has 0 amide bonds. The number of rotatable bonds is 6. The van der Waals surface area contributed by atoms with Gasteiger partial charge < -0.3 is 10.1 Å². The van der Waals surface area contributed by atoms with Gasteiger partial charge in [0, 0.05) is 30.1 Å². The third-order valence-electron chi connectivity index (χ3n) is 4.04. The Morgan fingerprint density at radius 2 is 2.00 bits per heavy atom. The Morgan fingerprint density at radius 1 is 1.24 bits per heavy atom. The lowest BCUT2D eigenvalue weighted by Crippen LogP contribution is -2.24. The van der Waals surface area contributed by atoms with Crippen molar-refractivity contribution < 1.29 is 4.74 Å². The maximum absolute atomic E-state index is 5.18.